The molecule has 162 valence electrons. The number of likely N-dealkylation sites (tertiary alicyclic amines) is 1. The number of rotatable bonds is 6. The highest BCUT2D eigenvalue weighted by molar-refractivity contribution is 7.99. The molecule has 1 aromatic carbocycles. The predicted octanol–water partition coefficient (Wildman–Crippen LogP) is 5.16. The third-order valence-corrected chi connectivity index (χ3v) is 7.57. The predicted molar refractivity (Wildman–Crippen MR) is 128 cm³/mol. The summed E-state index contributed by atoms with van der Waals surface area (Å²) in [7, 11) is 0. The lowest BCUT2D eigenvalue weighted by Crippen LogP contribution is -2.31. The summed E-state index contributed by atoms with van der Waals surface area (Å²) in [5.74, 6) is 1.20. The normalized spacial score (nSPS) is 15.9. The first-order valence-electron chi connectivity index (χ1n) is 10.6. The van der Waals surface area contributed by atoms with Gasteiger partial charge in [-0.3, -0.25) is 14.3 Å². The molecule has 1 fully saturated rings. The third kappa shape index (κ3) is 4.08. The molecule has 0 saturated carbocycles. The van der Waals surface area contributed by atoms with Gasteiger partial charge in [0.05, 0.1) is 17.5 Å². The number of aromatic nitrogens is 4. The molecule has 0 aliphatic carbocycles. The van der Waals surface area contributed by atoms with Gasteiger partial charge in [-0.15, -0.1) is 21.5 Å². The SMILES string of the molecule is Cc1ccccc1-n1c(SCC(=O)N2CCCC2c2cccs2)nnc1-c1cccnc1. The van der Waals surface area contributed by atoms with Gasteiger partial charge in [0.2, 0.25) is 5.91 Å². The van der Waals surface area contributed by atoms with E-state index in [9.17, 15) is 4.79 Å². The number of nitrogens with zero attached hydrogens (tertiary/aromatic N) is 5. The van der Waals surface area contributed by atoms with Crippen LogP contribution in [0.5, 0.6) is 0 Å². The van der Waals surface area contributed by atoms with Crippen molar-refractivity contribution in [2.45, 2.75) is 31.0 Å². The monoisotopic (exact) mass is 461 g/mol. The molecule has 1 saturated heterocycles. The molecule has 1 unspecified atom stereocenters. The minimum atomic E-state index is 0.146. The van der Waals surface area contributed by atoms with Gasteiger partial charge in [-0.25, -0.2) is 0 Å². The van der Waals surface area contributed by atoms with Crippen LogP contribution in [-0.2, 0) is 4.79 Å². The lowest BCUT2D eigenvalue weighted by Gasteiger charge is -2.23. The highest BCUT2D eigenvalue weighted by Crippen LogP contribution is 2.35. The number of thioether (sulfide) groups is 1. The van der Waals surface area contributed by atoms with Crippen LogP contribution in [0, 0.1) is 6.92 Å². The van der Waals surface area contributed by atoms with E-state index in [0.29, 0.717) is 10.9 Å². The van der Waals surface area contributed by atoms with Crippen molar-refractivity contribution in [1.29, 1.82) is 0 Å². The number of hydrogen-bond acceptors (Lipinski definition) is 6. The third-order valence-electron chi connectivity index (χ3n) is 5.68. The van der Waals surface area contributed by atoms with Gasteiger partial charge in [0.1, 0.15) is 0 Å². The Kier molecular flexibility index (Phi) is 6.05. The molecule has 1 aliphatic heterocycles. The summed E-state index contributed by atoms with van der Waals surface area (Å²) in [5.41, 5.74) is 3.01. The highest BCUT2D eigenvalue weighted by atomic mass is 32.2. The summed E-state index contributed by atoms with van der Waals surface area (Å²) in [6, 6.07) is 16.4. The van der Waals surface area contributed by atoms with Crippen molar-refractivity contribution in [3.63, 3.8) is 0 Å². The smallest absolute Gasteiger partial charge is 0.233 e. The van der Waals surface area contributed by atoms with Crippen molar-refractivity contribution >= 4 is 29.0 Å². The first-order chi connectivity index (χ1) is 15.7. The minimum absolute atomic E-state index is 0.146. The quantitative estimate of drug-likeness (QED) is 0.371. The molecule has 3 aromatic heterocycles. The number of para-hydroxylation sites is 1. The lowest BCUT2D eigenvalue weighted by atomic mass is 10.2. The van der Waals surface area contributed by atoms with Gasteiger partial charge in [-0.05, 0) is 55.0 Å². The summed E-state index contributed by atoms with van der Waals surface area (Å²) >= 11 is 3.17. The van der Waals surface area contributed by atoms with E-state index in [1.165, 1.54) is 16.6 Å². The number of amides is 1. The molecule has 32 heavy (non-hydrogen) atoms. The Morgan fingerprint density at radius 2 is 2.06 bits per heavy atom. The van der Waals surface area contributed by atoms with Gasteiger partial charge in [-0.1, -0.05) is 36.0 Å². The number of hydrogen-bond donors (Lipinski definition) is 0. The molecule has 0 spiro atoms. The average Bonchev–Trinajstić information content (AvgIpc) is 3.59. The molecule has 1 atom stereocenters. The summed E-state index contributed by atoms with van der Waals surface area (Å²) in [6.07, 6.45) is 5.60. The van der Waals surface area contributed by atoms with E-state index in [0.717, 1.165) is 42.0 Å². The fourth-order valence-corrected chi connectivity index (χ4v) is 5.83. The zero-order valence-electron chi connectivity index (χ0n) is 17.7. The van der Waals surface area contributed by atoms with Crippen LogP contribution < -0.4 is 0 Å². The van der Waals surface area contributed by atoms with Gasteiger partial charge < -0.3 is 4.90 Å². The van der Waals surface area contributed by atoms with Crippen LogP contribution >= 0.6 is 23.1 Å². The zero-order valence-corrected chi connectivity index (χ0v) is 19.4. The number of benzene rings is 1. The summed E-state index contributed by atoms with van der Waals surface area (Å²) in [5, 5.41) is 11.7. The molecule has 1 amide bonds. The molecule has 5 rings (SSSR count). The van der Waals surface area contributed by atoms with E-state index in [1.54, 1.807) is 23.7 Å². The Hall–Kier alpha value is -2.97. The van der Waals surface area contributed by atoms with Crippen LogP contribution in [0.1, 0.15) is 29.3 Å². The van der Waals surface area contributed by atoms with E-state index in [-0.39, 0.29) is 11.9 Å². The minimum Gasteiger partial charge on any atom is -0.334 e. The molecule has 1 aliphatic rings. The van der Waals surface area contributed by atoms with Crippen molar-refractivity contribution in [1.82, 2.24) is 24.6 Å². The van der Waals surface area contributed by atoms with E-state index in [4.69, 9.17) is 0 Å². The topological polar surface area (TPSA) is 63.9 Å². The highest BCUT2D eigenvalue weighted by Gasteiger charge is 2.31. The summed E-state index contributed by atoms with van der Waals surface area (Å²) in [4.78, 5) is 20.7. The van der Waals surface area contributed by atoms with Crippen LogP contribution in [-0.4, -0.2) is 42.9 Å². The number of aryl methyl sites for hydroxylation is 1. The maximum absolute atomic E-state index is 13.2. The average molecular weight is 462 g/mol. The molecule has 0 N–H and O–H groups in total. The molecule has 4 aromatic rings. The van der Waals surface area contributed by atoms with Crippen LogP contribution in [0.3, 0.4) is 0 Å². The molecular weight excluding hydrogens is 438 g/mol. The Morgan fingerprint density at radius 1 is 1.16 bits per heavy atom. The second-order valence-electron chi connectivity index (χ2n) is 7.72. The molecule has 0 radical (unpaired) electrons. The van der Waals surface area contributed by atoms with Crippen molar-refractivity contribution in [3.8, 4) is 17.1 Å². The number of carbonyl (C=O) groups excluding carboxylic acids is 1. The molecule has 0 bridgehead atoms. The van der Waals surface area contributed by atoms with Crippen LogP contribution in [0.2, 0.25) is 0 Å². The van der Waals surface area contributed by atoms with E-state index in [2.05, 4.69) is 51.8 Å². The zero-order chi connectivity index (χ0) is 21.9. The lowest BCUT2D eigenvalue weighted by molar-refractivity contribution is -0.129. The Balaban J connectivity index is 1.42. The Morgan fingerprint density at radius 3 is 2.84 bits per heavy atom. The van der Waals surface area contributed by atoms with Gasteiger partial charge >= 0.3 is 0 Å². The van der Waals surface area contributed by atoms with Crippen LogP contribution in [0.25, 0.3) is 17.1 Å². The van der Waals surface area contributed by atoms with Gasteiger partial charge in [0.25, 0.3) is 0 Å². The van der Waals surface area contributed by atoms with Crippen molar-refractivity contribution in [2.24, 2.45) is 0 Å². The van der Waals surface area contributed by atoms with Crippen molar-refractivity contribution in [3.05, 3.63) is 76.7 Å². The number of thiophene rings is 1. The largest absolute Gasteiger partial charge is 0.334 e. The number of carbonyl (C=O) groups is 1. The van der Waals surface area contributed by atoms with E-state index in [1.807, 2.05) is 33.7 Å². The fourth-order valence-electron chi connectivity index (χ4n) is 4.13. The van der Waals surface area contributed by atoms with Crippen LogP contribution in [0.4, 0.5) is 0 Å². The second-order valence-corrected chi connectivity index (χ2v) is 9.64. The van der Waals surface area contributed by atoms with E-state index >= 15 is 0 Å². The van der Waals surface area contributed by atoms with E-state index < -0.39 is 0 Å². The summed E-state index contributed by atoms with van der Waals surface area (Å²) < 4.78 is 2.03. The van der Waals surface area contributed by atoms with Gasteiger partial charge in [-0.2, -0.15) is 0 Å². The molecule has 8 heteroatoms. The summed E-state index contributed by atoms with van der Waals surface area (Å²) in [6.45, 7) is 2.88. The first-order valence-corrected chi connectivity index (χ1v) is 12.5. The molecule has 6 nitrogen and oxygen atoms in total. The van der Waals surface area contributed by atoms with Gasteiger partial charge in [0.15, 0.2) is 11.0 Å². The standard InChI is InChI=1S/C24H23N5OS2/c1-17-7-2-3-9-19(17)29-23(18-8-4-12-25-15-18)26-27-24(29)32-16-22(30)28-13-5-10-20(28)21-11-6-14-31-21/h2-4,6-9,11-12,14-15,20H,5,10,13,16H2,1H3. The maximum Gasteiger partial charge on any atom is 0.233 e. The van der Waals surface area contributed by atoms with Crippen molar-refractivity contribution in [2.75, 3.05) is 12.3 Å². The Labute approximate surface area is 195 Å². The van der Waals surface area contributed by atoms with Crippen LogP contribution in [0.15, 0.2) is 71.5 Å². The Bertz CT molecular complexity index is 1210. The first kappa shape index (κ1) is 20.9. The molecular formula is C24H23N5OS2. The molecule has 4 heterocycles. The fraction of sp³-hybridized carbons (Fsp3) is 0.250. The second kappa shape index (κ2) is 9.26. The maximum atomic E-state index is 13.2. The number of pyridine rings is 1. The van der Waals surface area contributed by atoms with Gasteiger partial charge in [0, 0.05) is 29.4 Å². The van der Waals surface area contributed by atoms with Crippen molar-refractivity contribution < 1.29 is 4.79 Å².